The van der Waals surface area contributed by atoms with Crippen molar-refractivity contribution in [2.45, 2.75) is 82.5 Å². The zero-order valence-electron chi connectivity index (χ0n) is 13.5. The van der Waals surface area contributed by atoms with E-state index in [0.29, 0.717) is 6.10 Å². The van der Waals surface area contributed by atoms with E-state index in [9.17, 15) is 0 Å². The number of hydrogen-bond acceptors (Lipinski definition) is 2. The van der Waals surface area contributed by atoms with Crippen molar-refractivity contribution in [3.05, 3.63) is 0 Å². The maximum atomic E-state index is 6.47. The molecule has 2 fully saturated rings. The van der Waals surface area contributed by atoms with Crippen LogP contribution in [0.15, 0.2) is 0 Å². The predicted molar refractivity (Wildman–Crippen MR) is 90.4 cm³/mol. The molecule has 2 rings (SSSR count). The third-order valence-electron chi connectivity index (χ3n) is 5.92. The molecule has 0 aromatic heterocycles. The SMILES string of the molecule is CC1CC[Si](C)(C(C)C[SiH]2CCCCO2)[Si](C)(C)O1. The normalized spacial score (nSPS) is 40.9. The summed E-state index contributed by atoms with van der Waals surface area (Å²) in [6.45, 7) is 13.5. The summed E-state index contributed by atoms with van der Waals surface area (Å²) in [5.41, 5.74) is 0.913. The van der Waals surface area contributed by atoms with Gasteiger partial charge in [-0.2, -0.15) is 0 Å². The number of rotatable bonds is 3. The molecule has 0 bridgehead atoms. The average molecular weight is 317 g/mol. The lowest BCUT2D eigenvalue weighted by Gasteiger charge is -2.50. The van der Waals surface area contributed by atoms with Crippen molar-refractivity contribution in [2.75, 3.05) is 6.61 Å². The van der Waals surface area contributed by atoms with Gasteiger partial charge in [-0.25, -0.2) is 0 Å². The Labute approximate surface area is 122 Å². The highest BCUT2D eigenvalue weighted by atomic mass is 29.3. The number of hydrogen-bond donors (Lipinski definition) is 0. The van der Waals surface area contributed by atoms with Crippen LogP contribution in [0.2, 0.25) is 43.3 Å². The second-order valence-electron chi connectivity index (χ2n) is 7.52. The molecule has 0 aromatic rings. The molecule has 0 N–H and O–H groups in total. The second kappa shape index (κ2) is 6.13. The van der Waals surface area contributed by atoms with Gasteiger partial charge in [0.15, 0.2) is 16.9 Å². The van der Waals surface area contributed by atoms with E-state index in [2.05, 4.69) is 33.5 Å². The fourth-order valence-corrected chi connectivity index (χ4v) is 22.4. The second-order valence-corrected chi connectivity index (χ2v) is 24.8. The summed E-state index contributed by atoms with van der Waals surface area (Å²) >= 11 is 0. The lowest BCUT2D eigenvalue weighted by Crippen LogP contribution is -2.65. The highest BCUT2D eigenvalue weighted by molar-refractivity contribution is 7.39. The third kappa shape index (κ3) is 3.43. The lowest BCUT2D eigenvalue weighted by molar-refractivity contribution is 0.205. The molecule has 0 aliphatic carbocycles. The molecule has 0 saturated carbocycles. The molecule has 0 aromatic carbocycles. The standard InChI is InChI=1S/C14H32O2Si3/c1-13-8-11-19(5,18(3,4)16-13)14(2)12-17-10-7-6-9-15-17/h13-14,17H,6-12H2,1-5H3. The van der Waals surface area contributed by atoms with E-state index in [1.54, 1.807) is 0 Å². The minimum Gasteiger partial charge on any atom is -0.420 e. The van der Waals surface area contributed by atoms with E-state index < -0.39 is 24.5 Å². The van der Waals surface area contributed by atoms with Gasteiger partial charge in [0, 0.05) is 12.7 Å². The van der Waals surface area contributed by atoms with E-state index in [4.69, 9.17) is 8.85 Å². The van der Waals surface area contributed by atoms with Gasteiger partial charge in [0.25, 0.3) is 0 Å². The summed E-state index contributed by atoms with van der Waals surface area (Å²) in [6.07, 6.45) is 4.54. The molecule has 4 unspecified atom stereocenters. The van der Waals surface area contributed by atoms with Gasteiger partial charge in [-0.3, -0.25) is 0 Å². The van der Waals surface area contributed by atoms with Crippen LogP contribution in [0.4, 0.5) is 0 Å². The van der Waals surface area contributed by atoms with Crippen LogP contribution in [0.5, 0.6) is 0 Å². The zero-order chi connectivity index (χ0) is 14.1. The van der Waals surface area contributed by atoms with Crippen molar-refractivity contribution < 1.29 is 8.85 Å². The smallest absolute Gasteiger partial charge is 0.176 e. The molecule has 0 radical (unpaired) electrons. The van der Waals surface area contributed by atoms with Crippen LogP contribution in [0.3, 0.4) is 0 Å². The summed E-state index contributed by atoms with van der Waals surface area (Å²) in [5, 5.41) is 0. The average Bonchev–Trinajstić information content (AvgIpc) is 2.35. The van der Waals surface area contributed by atoms with Crippen molar-refractivity contribution in [3.8, 4) is 0 Å². The Morgan fingerprint density at radius 3 is 2.58 bits per heavy atom. The monoisotopic (exact) mass is 316 g/mol. The molecular weight excluding hydrogens is 284 g/mol. The molecular formula is C14H32O2Si3. The molecule has 2 nitrogen and oxygen atoms in total. The first-order valence-electron chi connectivity index (χ1n) is 8.14. The first-order chi connectivity index (χ1) is 8.85. The van der Waals surface area contributed by atoms with Gasteiger partial charge in [-0.05, 0) is 50.5 Å². The Morgan fingerprint density at radius 2 is 2.00 bits per heavy atom. The van der Waals surface area contributed by atoms with E-state index >= 15 is 0 Å². The molecule has 4 atom stereocenters. The van der Waals surface area contributed by atoms with Gasteiger partial charge in [-0.15, -0.1) is 0 Å². The van der Waals surface area contributed by atoms with E-state index in [1.165, 1.54) is 37.4 Å². The van der Waals surface area contributed by atoms with Gasteiger partial charge < -0.3 is 8.85 Å². The quantitative estimate of drug-likeness (QED) is 0.730. The Kier molecular flexibility index (Phi) is 5.15. The fourth-order valence-electron chi connectivity index (χ4n) is 3.99. The summed E-state index contributed by atoms with van der Waals surface area (Å²) in [6, 6.07) is 4.35. The van der Waals surface area contributed by atoms with Crippen molar-refractivity contribution in [3.63, 3.8) is 0 Å². The maximum absolute atomic E-state index is 6.47. The van der Waals surface area contributed by atoms with Gasteiger partial charge in [0.2, 0.25) is 0 Å². The zero-order valence-corrected chi connectivity index (χ0v) is 16.7. The first kappa shape index (κ1) is 16.0. The molecule has 2 heterocycles. The summed E-state index contributed by atoms with van der Waals surface area (Å²) in [7, 11) is -3.54. The minimum absolute atomic E-state index is 0.512. The van der Waals surface area contributed by atoms with Crippen molar-refractivity contribution in [1.82, 2.24) is 0 Å². The van der Waals surface area contributed by atoms with Crippen LogP contribution in [-0.2, 0) is 8.85 Å². The van der Waals surface area contributed by atoms with Gasteiger partial charge in [0.05, 0.1) is 7.59 Å². The fraction of sp³-hybridized carbons (Fsp3) is 1.00. The van der Waals surface area contributed by atoms with E-state index in [1.807, 2.05) is 0 Å². The Balaban J connectivity index is 2.01. The molecule has 5 heteroatoms. The van der Waals surface area contributed by atoms with Crippen LogP contribution in [0, 0.1) is 0 Å². The summed E-state index contributed by atoms with van der Waals surface area (Å²) in [5.74, 6) is 0. The molecule has 0 spiro atoms. The Morgan fingerprint density at radius 1 is 1.26 bits per heavy atom. The molecule has 2 aliphatic rings. The van der Waals surface area contributed by atoms with E-state index in [-0.39, 0.29) is 0 Å². The van der Waals surface area contributed by atoms with E-state index in [0.717, 1.165) is 12.1 Å². The molecule has 0 amide bonds. The predicted octanol–water partition coefficient (Wildman–Crippen LogP) is 4.08. The largest absolute Gasteiger partial charge is 0.420 e. The lowest BCUT2D eigenvalue weighted by atomic mass is 10.3. The minimum atomic E-state index is -1.45. The maximum Gasteiger partial charge on any atom is 0.176 e. The summed E-state index contributed by atoms with van der Waals surface area (Å²) in [4.78, 5) is 0. The Bertz CT molecular complexity index is 305. The van der Waals surface area contributed by atoms with Crippen LogP contribution < -0.4 is 0 Å². The van der Waals surface area contributed by atoms with Crippen LogP contribution >= 0.6 is 0 Å². The highest BCUT2D eigenvalue weighted by Gasteiger charge is 2.53. The van der Waals surface area contributed by atoms with Crippen molar-refractivity contribution in [2.24, 2.45) is 0 Å². The van der Waals surface area contributed by atoms with Crippen molar-refractivity contribution in [1.29, 1.82) is 0 Å². The summed E-state index contributed by atoms with van der Waals surface area (Å²) < 4.78 is 12.6. The third-order valence-corrected chi connectivity index (χ3v) is 27.7. The van der Waals surface area contributed by atoms with Gasteiger partial charge >= 0.3 is 0 Å². The van der Waals surface area contributed by atoms with Crippen molar-refractivity contribution >= 4 is 24.5 Å². The topological polar surface area (TPSA) is 18.5 Å². The first-order valence-corrected chi connectivity index (χ1v) is 16.9. The molecule has 2 saturated heterocycles. The van der Waals surface area contributed by atoms with Crippen LogP contribution in [0.1, 0.15) is 33.1 Å². The molecule has 19 heavy (non-hydrogen) atoms. The van der Waals surface area contributed by atoms with Gasteiger partial charge in [0.1, 0.15) is 0 Å². The molecule has 2 aliphatic heterocycles. The molecule has 112 valence electrons. The van der Waals surface area contributed by atoms with Crippen LogP contribution in [0.25, 0.3) is 0 Å². The highest BCUT2D eigenvalue weighted by Crippen LogP contribution is 2.43. The Hall–Kier alpha value is 0.571. The van der Waals surface area contributed by atoms with Gasteiger partial charge in [-0.1, -0.05) is 25.9 Å². The van der Waals surface area contributed by atoms with Crippen LogP contribution in [-0.4, -0.2) is 37.2 Å².